The maximum absolute atomic E-state index is 10.5. The van der Waals surface area contributed by atoms with E-state index in [-0.39, 0.29) is 16.6 Å². The Morgan fingerprint density at radius 1 is 0.780 bits per heavy atom. The number of fused-ring (bicyclic) bond motifs is 2. The van der Waals surface area contributed by atoms with Gasteiger partial charge in [0, 0.05) is 17.3 Å². The van der Waals surface area contributed by atoms with Crippen LogP contribution < -0.4 is 0 Å². The first-order chi connectivity index (χ1) is 19.5. The smallest absolute Gasteiger partial charge is 0.229 e. The van der Waals surface area contributed by atoms with Gasteiger partial charge in [0.1, 0.15) is 16.3 Å². The van der Waals surface area contributed by atoms with Gasteiger partial charge in [-0.15, -0.1) is 11.3 Å². The van der Waals surface area contributed by atoms with Crippen molar-refractivity contribution in [3.8, 4) is 27.8 Å². The molecular formula is C35H33N3O2S. The van der Waals surface area contributed by atoms with Crippen LogP contribution in [0.15, 0.2) is 88.3 Å². The molecule has 0 spiro atoms. The molecule has 0 aliphatic carbocycles. The van der Waals surface area contributed by atoms with E-state index in [1.54, 1.807) is 23.6 Å². The van der Waals surface area contributed by atoms with Crippen molar-refractivity contribution in [3.63, 3.8) is 0 Å². The molecule has 0 aliphatic heterocycles. The Labute approximate surface area is 244 Å². The summed E-state index contributed by atoms with van der Waals surface area (Å²) in [7, 11) is 0. The predicted molar refractivity (Wildman–Crippen MR) is 171 cm³/mol. The van der Waals surface area contributed by atoms with E-state index < -0.39 is 0 Å². The number of aromatic hydroxyl groups is 1. The molecule has 4 aromatic carbocycles. The number of nitrogens with zero attached hydrogens (tertiary/aromatic N) is 3. The molecule has 0 fully saturated rings. The number of thiazole rings is 1. The number of hydrogen-bond donors (Lipinski definition) is 1. The van der Waals surface area contributed by atoms with E-state index in [2.05, 4.69) is 59.7 Å². The molecule has 0 bridgehead atoms. The van der Waals surface area contributed by atoms with Crippen LogP contribution in [0.2, 0.25) is 0 Å². The number of phenols is 1. The molecule has 0 atom stereocenters. The number of para-hydroxylation sites is 2. The van der Waals surface area contributed by atoms with Crippen molar-refractivity contribution < 1.29 is 9.52 Å². The van der Waals surface area contributed by atoms with E-state index in [0.29, 0.717) is 17.1 Å². The quantitative estimate of drug-likeness (QED) is 0.218. The standard InChI is InChI=1S/C35H33N3O2S/c1-34(2,3)22-15-16-28(39)21(17-22)20-36-26-12-8-7-11-24(26)32-38-31-25(18-23(35(4,5)6)19-29(31)40-32)33-37-27-13-9-10-14-30(27)41-33/h7-20,39H,1-6H3. The monoisotopic (exact) mass is 559 g/mol. The third-order valence-electron chi connectivity index (χ3n) is 7.26. The van der Waals surface area contributed by atoms with E-state index in [4.69, 9.17) is 19.4 Å². The van der Waals surface area contributed by atoms with Crippen LogP contribution in [0.5, 0.6) is 5.75 Å². The number of aliphatic imine (C=N–C) groups is 1. The van der Waals surface area contributed by atoms with Crippen LogP contribution >= 0.6 is 11.3 Å². The minimum atomic E-state index is -0.0850. The van der Waals surface area contributed by atoms with E-state index in [1.807, 2.05) is 54.6 Å². The molecule has 1 N–H and O–H groups in total. The Morgan fingerprint density at radius 2 is 1.51 bits per heavy atom. The molecule has 0 saturated carbocycles. The summed E-state index contributed by atoms with van der Waals surface area (Å²) in [5, 5.41) is 11.4. The van der Waals surface area contributed by atoms with E-state index in [1.165, 1.54) is 0 Å². The largest absolute Gasteiger partial charge is 0.507 e. The van der Waals surface area contributed by atoms with Crippen LogP contribution in [0.3, 0.4) is 0 Å². The fourth-order valence-corrected chi connectivity index (χ4v) is 5.74. The Morgan fingerprint density at radius 3 is 2.27 bits per heavy atom. The second-order valence-electron chi connectivity index (χ2n) is 12.4. The predicted octanol–water partition coefficient (Wildman–Crippen LogP) is 9.82. The summed E-state index contributed by atoms with van der Waals surface area (Å²) < 4.78 is 7.59. The van der Waals surface area contributed by atoms with Gasteiger partial charge in [0.25, 0.3) is 0 Å². The minimum Gasteiger partial charge on any atom is -0.507 e. The molecule has 206 valence electrons. The van der Waals surface area contributed by atoms with Crippen molar-refractivity contribution in [1.29, 1.82) is 0 Å². The molecule has 6 heteroatoms. The lowest BCUT2D eigenvalue weighted by Crippen LogP contribution is -2.11. The number of rotatable bonds is 4. The molecule has 2 heterocycles. The molecule has 2 aromatic heterocycles. The van der Waals surface area contributed by atoms with E-state index in [0.717, 1.165) is 48.6 Å². The van der Waals surface area contributed by atoms with Crippen LogP contribution in [0, 0.1) is 0 Å². The Bertz CT molecular complexity index is 1900. The molecule has 6 rings (SSSR count). The van der Waals surface area contributed by atoms with Gasteiger partial charge in [-0.3, -0.25) is 4.99 Å². The van der Waals surface area contributed by atoms with Crippen molar-refractivity contribution in [2.45, 2.75) is 52.4 Å². The lowest BCUT2D eigenvalue weighted by molar-refractivity contribution is 0.473. The van der Waals surface area contributed by atoms with Gasteiger partial charge in [-0.25, -0.2) is 9.97 Å². The summed E-state index contributed by atoms with van der Waals surface area (Å²) in [5.41, 5.74) is 7.74. The third kappa shape index (κ3) is 5.27. The molecule has 5 nitrogen and oxygen atoms in total. The fraction of sp³-hybridized carbons (Fsp3) is 0.229. The number of oxazole rings is 1. The topological polar surface area (TPSA) is 71.5 Å². The number of benzene rings is 4. The highest BCUT2D eigenvalue weighted by molar-refractivity contribution is 7.21. The SMILES string of the molecule is CC(C)(C)c1ccc(O)c(C=Nc2ccccc2-c2nc3c(-c4nc5ccccc5s4)cc(C(C)(C)C)cc3o2)c1. The summed E-state index contributed by atoms with van der Waals surface area (Å²) >= 11 is 1.66. The molecule has 6 aromatic rings. The summed E-state index contributed by atoms with van der Waals surface area (Å²) in [6.45, 7) is 13.0. The minimum absolute atomic E-state index is 0.0424. The number of aromatic nitrogens is 2. The van der Waals surface area contributed by atoms with Crippen LogP contribution in [0.25, 0.3) is 43.3 Å². The molecule has 0 amide bonds. The number of hydrogen-bond acceptors (Lipinski definition) is 6. The second kappa shape index (κ2) is 9.96. The van der Waals surface area contributed by atoms with E-state index in [9.17, 15) is 5.11 Å². The first-order valence-electron chi connectivity index (χ1n) is 13.8. The average molecular weight is 560 g/mol. The van der Waals surface area contributed by atoms with Gasteiger partial charge in [0.2, 0.25) is 5.89 Å². The normalized spacial score (nSPS) is 12.6. The van der Waals surface area contributed by atoms with Gasteiger partial charge in [0.15, 0.2) is 5.58 Å². The maximum Gasteiger partial charge on any atom is 0.229 e. The average Bonchev–Trinajstić information content (AvgIpc) is 3.55. The lowest BCUT2D eigenvalue weighted by atomic mass is 9.86. The highest BCUT2D eigenvalue weighted by atomic mass is 32.1. The lowest BCUT2D eigenvalue weighted by Gasteiger charge is -2.19. The molecule has 0 saturated heterocycles. The van der Waals surface area contributed by atoms with Crippen molar-refractivity contribution >= 4 is 44.6 Å². The maximum atomic E-state index is 10.5. The van der Waals surface area contributed by atoms with E-state index >= 15 is 0 Å². The summed E-state index contributed by atoms with van der Waals surface area (Å²) in [4.78, 5) is 14.7. The zero-order valence-corrected chi connectivity index (χ0v) is 25.0. The summed E-state index contributed by atoms with van der Waals surface area (Å²) in [6.07, 6.45) is 1.70. The molecule has 0 aliphatic rings. The van der Waals surface area contributed by atoms with Crippen LogP contribution in [0.1, 0.15) is 58.2 Å². The highest BCUT2D eigenvalue weighted by Gasteiger charge is 2.23. The Balaban J connectivity index is 1.48. The Hall–Kier alpha value is -4.29. The van der Waals surface area contributed by atoms with Crippen LogP contribution in [0.4, 0.5) is 5.69 Å². The van der Waals surface area contributed by atoms with Crippen molar-refractivity contribution in [2.75, 3.05) is 0 Å². The molecule has 41 heavy (non-hydrogen) atoms. The first-order valence-corrected chi connectivity index (χ1v) is 14.6. The van der Waals surface area contributed by atoms with Gasteiger partial charge in [-0.05, 0) is 70.5 Å². The fourth-order valence-electron chi connectivity index (χ4n) is 4.76. The molecular weight excluding hydrogens is 526 g/mol. The Kier molecular flexibility index (Phi) is 6.54. The van der Waals surface area contributed by atoms with Gasteiger partial charge in [-0.2, -0.15) is 0 Å². The van der Waals surface area contributed by atoms with Crippen molar-refractivity contribution in [1.82, 2.24) is 9.97 Å². The van der Waals surface area contributed by atoms with Gasteiger partial charge < -0.3 is 9.52 Å². The zero-order chi connectivity index (χ0) is 28.9. The second-order valence-corrected chi connectivity index (χ2v) is 13.5. The molecule has 0 unspecified atom stereocenters. The van der Waals surface area contributed by atoms with Crippen LogP contribution in [-0.4, -0.2) is 21.3 Å². The van der Waals surface area contributed by atoms with Crippen molar-refractivity contribution in [2.24, 2.45) is 4.99 Å². The van der Waals surface area contributed by atoms with Gasteiger partial charge >= 0.3 is 0 Å². The highest BCUT2D eigenvalue weighted by Crippen LogP contribution is 2.40. The first kappa shape index (κ1) is 26.9. The third-order valence-corrected chi connectivity index (χ3v) is 8.33. The van der Waals surface area contributed by atoms with Gasteiger partial charge in [-0.1, -0.05) is 71.9 Å². The summed E-state index contributed by atoms with van der Waals surface area (Å²) in [5.74, 6) is 0.685. The molecule has 0 radical (unpaired) electrons. The zero-order valence-electron chi connectivity index (χ0n) is 24.2. The number of phenolic OH excluding ortho intramolecular Hbond substituents is 1. The van der Waals surface area contributed by atoms with Crippen LogP contribution in [-0.2, 0) is 10.8 Å². The van der Waals surface area contributed by atoms with Gasteiger partial charge in [0.05, 0.1) is 21.5 Å². The van der Waals surface area contributed by atoms with Crippen molar-refractivity contribution in [3.05, 3.63) is 95.6 Å². The summed E-state index contributed by atoms with van der Waals surface area (Å²) in [6, 6.07) is 25.9.